The van der Waals surface area contributed by atoms with Gasteiger partial charge >= 0.3 is 0 Å². The lowest BCUT2D eigenvalue weighted by Gasteiger charge is -2.30. The molecule has 7 nitrogen and oxygen atoms in total. The van der Waals surface area contributed by atoms with Crippen molar-refractivity contribution in [2.24, 2.45) is 0 Å². The smallest absolute Gasteiger partial charge is 0.277 e. The molecule has 134 valence electrons. The maximum Gasteiger partial charge on any atom is 0.277 e. The van der Waals surface area contributed by atoms with Gasteiger partial charge in [-0.15, -0.1) is 0 Å². The summed E-state index contributed by atoms with van der Waals surface area (Å²) in [4.78, 5) is 27.3. The monoisotopic (exact) mass is 345 g/mol. The highest BCUT2D eigenvalue weighted by molar-refractivity contribution is 6.17. The third kappa shape index (κ3) is 3.61. The fourth-order valence-electron chi connectivity index (χ4n) is 3.22. The molecule has 0 bridgehead atoms. The van der Waals surface area contributed by atoms with E-state index in [2.05, 4.69) is 10.2 Å². The quantitative estimate of drug-likeness (QED) is 0.757. The van der Waals surface area contributed by atoms with Crippen LogP contribution in [0.5, 0.6) is 5.75 Å². The van der Waals surface area contributed by atoms with E-state index in [0.717, 1.165) is 29.4 Å². The number of rotatable bonds is 6. The number of aliphatic hydroxyl groups is 1. The first kappa shape index (κ1) is 17.3. The molecular formula is C18H23N3O4. The van der Waals surface area contributed by atoms with Crippen LogP contribution in [0.15, 0.2) is 30.0 Å². The maximum absolute atomic E-state index is 12.2. The highest BCUT2D eigenvalue weighted by Gasteiger charge is 2.30. The van der Waals surface area contributed by atoms with Crippen molar-refractivity contribution in [2.75, 3.05) is 43.6 Å². The van der Waals surface area contributed by atoms with Gasteiger partial charge in [-0.1, -0.05) is 0 Å². The van der Waals surface area contributed by atoms with Crippen molar-refractivity contribution in [3.63, 3.8) is 0 Å². The summed E-state index contributed by atoms with van der Waals surface area (Å²) in [5.74, 6) is -0.118. The number of nitrogens with zero attached hydrogens (tertiary/aromatic N) is 2. The van der Waals surface area contributed by atoms with Crippen molar-refractivity contribution >= 4 is 23.2 Å². The largest absolute Gasteiger partial charge is 0.495 e. The number of anilines is 2. The van der Waals surface area contributed by atoms with Gasteiger partial charge in [-0.05, 0) is 31.4 Å². The number of imide groups is 1. The molecule has 0 spiro atoms. The van der Waals surface area contributed by atoms with Crippen molar-refractivity contribution < 1.29 is 19.4 Å². The van der Waals surface area contributed by atoms with Gasteiger partial charge in [-0.3, -0.25) is 14.5 Å². The number of methoxy groups -OCH3 is 1. The van der Waals surface area contributed by atoms with Crippen LogP contribution < -0.4 is 15.0 Å². The summed E-state index contributed by atoms with van der Waals surface area (Å²) < 4.78 is 5.51. The average molecular weight is 345 g/mol. The summed E-state index contributed by atoms with van der Waals surface area (Å²) in [6.07, 6.45) is 4.86. The van der Waals surface area contributed by atoms with Gasteiger partial charge in [0.1, 0.15) is 11.4 Å². The second kappa shape index (κ2) is 7.57. The van der Waals surface area contributed by atoms with Crippen LogP contribution in [0.25, 0.3) is 0 Å². The van der Waals surface area contributed by atoms with Crippen LogP contribution in [0, 0.1) is 0 Å². The Morgan fingerprint density at radius 1 is 1.20 bits per heavy atom. The second-order valence-electron chi connectivity index (χ2n) is 6.14. The highest BCUT2D eigenvalue weighted by atomic mass is 16.5. The molecule has 0 saturated carbocycles. The molecule has 3 rings (SSSR count). The van der Waals surface area contributed by atoms with E-state index in [1.165, 1.54) is 25.3 Å². The van der Waals surface area contributed by atoms with Gasteiger partial charge in [-0.25, -0.2) is 0 Å². The second-order valence-corrected chi connectivity index (χ2v) is 6.14. The molecule has 0 aromatic heterocycles. The van der Waals surface area contributed by atoms with Gasteiger partial charge in [0, 0.05) is 30.9 Å². The van der Waals surface area contributed by atoms with E-state index in [1.807, 2.05) is 18.2 Å². The van der Waals surface area contributed by atoms with Crippen molar-refractivity contribution in [2.45, 2.75) is 19.3 Å². The number of hydrogen-bond acceptors (Lipinski definition) is 6. The Morgan fingerprint density at radius 2 is 1.96 bits per heavy atom. The molecule has 1 saturated heterocycles. The lowest BCUT2D eigenvalue weighted by molar-refractivity contribution is -0.137. The summed E-state index contributed by atoms with van der Waals surface area (Å²) >= 11 is 0. The average Bonchev–Trinajstić information content (AvgIpc) is 2.90. The number of benzene rings is 1. The minimum Gasteiger partial charge on any atom is -0.495 e. The zero-order valence-electron chi connectivity index (χ0n) is 14.3. The number of β-amino-alcohol motifs (C(OH)–C–C–N with tert-alkyl or cyclic N) is 1. The topological polar surface area (TPSA) is 82.1 Å². The van der Waals surface area contributed by atoms with Crippen molar-refractivity contribution in [3.8, 4) is 5.75 Å². The zero-order valence-corrected chi connectivity index (χ0v) is 14.3. The molecule has 0 aliphatic carbocycles. The predicted octanol–water partition coefficient (Wildman–Crippen LogP) is 1.34. The first-order valence-electron chi connectivity index (χ1n) is 8.52. The number of carbonyl (C=O) groups is 2. The van der Waals surface area contributed by atoms with Crippen LogP contribution >= 0.6 is 0 Å². The van der Waals surface area contributed by atoms with Crippen LogP contribution in [0.3, 0.4) is 0 Å². The fourth-order valence-corrected chi connectivity index (χ4v) is 3.22. The van der Waals surface area contributed by atoms with E-state index < -0.39 is 11.8 Å². The molecule has 1 aromatic rings. The van der Waals surface area contributed by atoms with Crippen LogP contribution in [0.2, 0.25) is 0 Å². The molecule has 7 heteroatoms. The molecule has 2 amide bonds. The van der Waals surface area contributed by atoms with Crippen molar-refractivity contribution in [1.29, 1.82) is 0 Å². The molecule has 0 unspecified atom stereocenters. The molecule has 2 heterocycles. The maximum atomic E-state index is 12.2. The van der Waals surface area contributed by atoms with Gasteiger partial charge in [0.25, 0.3) is 11.8 Å². The van der Waals surface area contributed by atoms with E-state index in [9.17, 15) is 9.59 Å². The number of amides is 2. The minimum absolute atomic E-state index is 0.00341. The summed E-state index contributed by atoms with van der Waals surface area (Å²) in [7, 11) is 1.62. The van der Waals surface area contributed by atoms with Crippen molar-refractivity contribution in [3.05, 3.63) is 30.0 Å². The lowest BCUT2D eigenvalue weighted by Crippen LogP contribution is -2.34. The van der Waals surface area contributed by atoms with Crippen LogP contribution in [-0.2, 0) is 9.59 Å². The number of carbonyl (C=O) groups excluding carboxylic acids is 2. The van der Waals surface area contributed by atoms with E-state index in [-0.39, 0.29) is 18.8 Å². The minimum atomic E-state index is -0.432. The number of nitrogens with one attached hydrogen (secondary N) is 1. The lowest BCUT2D eigenvalue weighted by atomic mass is 10.1. The van der Waals surface area contributed by atoms with Gasteiger partial charge in [-0.2, -0.15) is 0 Å². The standard InChI is InChI=1S/C18H23N3O4/c1-25-16-11-13(5-6-15(16)20-7-3-2-4-8-20)19-14-12-17(23)21(9-10-22)18(14)24/h5-6,11-12,19,22H,2-4,7-10H2,1H3. The van der Waals surface area contributed by atoms with Crippen LogP contribution in [0.4, 0.5) is 11.4 Å². The van der Waals surface area contributed by atoms with Gasteiger partial charge < -0.3 is 20.1 Å². The summed E-state index contributed by atoms with van der Waals surface area (Å²) in [5, 5.41) is 11.9. The molecular weight excluding hydrogens is 322 g/mol. The molecule has 1 fully saturated rings. The summed E-state index contributed by atoms with van der Waals surface area (Å²) in [6.45, 7) is 1.77. The number of ether oxygens (including phenoxy) is 1. The molecule has 2 aliphatic heterocycles. The summed E-state index contributed by atoms with van der Waals surface area (Å²) in [5.41, 5.74) is 1.92. The van der Waals surface area contributed by atoms with Gasteiger partial charge in [0.2, 0.25) is 0 Å². The molecule has 0 atom stereocenters. The Balaban J connectivity index is 1.76. The Hall–Kier alpha value is -2.54. The van der Waals surface area contributed by atoms with Crippen molar-refractivity contribution in [1.82, 2.24) is 4.90 Å². The highest BCUT2D eigenvalue weighted by Crippen LogP contribution is 2.33. The molecule has 1 aromatic carbocycles. The predicted molar refractivity (Wildman–Crippen MR) is 94.6 cm³/mol. The van der Waals surface area contributed by atoms with E-state index in [1.54, 1.807) is 7.11 Å². The number of hydrogen-bond donors (Lipinski definition) is 2. The summed E-state index contributed by atoms with van der Waals surface area (Å²) in [6, 6.07) is 5.68. The van der Waals surface area contributed by atoms with E-state index in [4.69, 9.17) is 9.84 Å². The fraction of sp³-hybridized carbons (Fsp3) is 0.444. The molecule has 2 aliphatic rings. The Kier molecular flexibility index (Phi) is 5.23. The van der Waals surface area contributed by atoms with Gasteiger partial charge in [0.15, 0.2) is 0 Å². The third-order valence-electron chi connectivity index (χ3n) is 4.49. The van der Waals surface area contributed by atoms with Crippen LogP contribution in [-0.4, -0.2) is 55.2 Å². The number of piperidine rings is 1. The van der Waals surface area contributed by atoms with Gasteiger partial charge in [0.05, 0.1) is 25.9 Å². The van der Waals surface area contributed by atoms with E-state index in [0.29, 0.717) is 5.69 Å². The number of aliphatic hydroxyl groups excluding tert-OH is 1. The zero-order chi connectivity index (χ0) is 17.8. The Morgan fingerprint density at radius 3 is 2.64 bits per heavy atom. The molecule has 25 heavy (non-hydrogen) atoms. The third-order valence-corrected chi connectivity index (χ3v) is 4.49. The Labute approximate surface area is 146 Å². The first-order valence-corrected chi connectivity index (χ1v) is 8.52. The molecule has 2 N–H and O–H groups in total. The SMILES string of the molecule is COc1cc(NC2=CC(=O)N(CCO)C2=O)ccc1N1CCCCC1. The normalized spacial score (nSPS) is 17.8. The molecule has 0 radical (unpaired) electrons. The Bertz CT molecular complexity index is 696. The first-order chi connectivity index (χ1) is 12.1. The van der Waals surface area contributed by atoms with E-state index >= 15 is 0 Å². The van der Waals surface area contributed by atoms with Crippen LogP contribution in [0.1, 0.15) is 19.3 Å².